The van der Waals surface area contributed by atoms with Gasteiger partial charge in [0.1, 0.15) is 0 Å². The molecule has 1 unspecified atom stereocenters. The summed E-state index contributed by atoms with van der Waals surface area (Å²) in [7, 11) is 1.95. The van der Waals surface area contributed by atoms with Crippen molar-refractivity contribution in [3.8, 4) is 0 Å². The lowest BCUT2D eigenvalue weighted by Gasteiger charge is -2.04. The van der Waals surface area contributed by atoms with Crippen LogP contribution in [-0.2, 0) is 12.8 Å². The summed E-state index contributed by atoms with van der Waals surface area (Å²) >= 11 is 0. The van der Waals surface area contributed by atoms with Crippen LogP contribution in [0.3, 0.4) is 0 Å². The Kier molecular flexibility index (Phi) is 4.30. The molecular formula is C11H20N4O. The molecule has 0 amide bonds. The number of hydrogen-bond donors (Lipinski definition) is 2. The highest BCUT2D eigenvalue weighted by Gasteiger charge is 2.17. The van der Waals surface area contributed by atoms with Crippen molar-refractivity contribution in [2.75, 3.05) is 20.1 Å². The predicted octanol–water partition coefficient (Wildman–Crippen LogP) is 0.516. The Morgan fingerprint density at radius 2 is 2.50 bits per heavy atom. The maximum atomic E-state index is 5.20. The van der Waals surface area contributed by atoms with Gasteiger partial charge in [0.25, 0.3) is 0 Å². The summed E-state index contributed by atoms with van der Waals surface area (Å²) in [6.07, 6.45) is 5.29. The van der Waals surface area contributed by atoms with Crippen molar-refractivity contribution in [1.29, 1.82) is 0 Å². The van der Waals surface area contributed by atoms with Gasteiger partial charge in [-0.05, 0) is 39.4 Å². The molecule has 1 atom stereocenters. The molecule has 0 radical (unpaired) electrons. The van der Waals surface area contributed by atoms with Crippen LogP contribution < -0.4 is 10.6 Å². The van der Waals surface area contributed by atoms with Crippen molar-refractivity contribution in [3.63, 3.8) is 0 Å². The fourth-order valence-electron chi connectivity index (χ4n) is 2.04. The zero-order chi connectivity index (χ0) is 11.2. The molecule has 2 rings (SSSR count). The minimum absolute atomic E-state index is 0.544. The van der Waals surface area contributed by atoms with Gasteiger partial charge < -0.3 is 15.2 Å². The second kappa shape index (κ2) is 5.96. The summed E-state index contributed by atoms with van der Waals surface area (Å²) in [5.74, 6) is 1.61. The first-order valence-corrected chi connectivity index (χ1v) is 6.08. The molecular weight excluding hydrogens is 204 g/mol. The standard InChI is InChI=1S/C11H20N4O/c1-12-6-3-5-11-14-10(15-16-11)8-9-4-2-7-13-9/h9,12-13H,2-8H2,1H3. The van der Waals surface area contributed by atoms with Gasteiger partial charge in [-0.3, -0.25) is 0 Å². The molecule has 1 fully saturated rings. The maximum Gasteiger partial charge on any atom is 0.226 e. The monoisotopic (exact) mass is 224 g/mol. The molecule has 1 aliphatic heterocycles. The lowest BCUT2D eigenvalue weighted by molar-refractivity contribution is 0.368. The van der Waals surface area contributed by atoms with Crippen LogP contribution in [0.1, 0.15) is 31.0 Å². The molecule has 0 aliphatic carbocycles. The second-order valence-electron chi connectivity index (χ2n) is 4.31. The van der Waals surface area contributed by atoms with Crippen molar-refractivity contribution in [2.45, 2.75) is 38.1 Å². The number of rotatable bonds is 6. The first-order valence-electron chi connectivity index (χ1n) is 6.08. The molecule has 1 saturated heterocycles. The minimum atomic E-state index is 0.544. The Labute approximate surface area is 96.0 Å². The Balaban J connectivity index is 1.77. The Hall–Kier alpha value is -0.940. The molecule has 90 valence electrons. The van der Waals surface area contributed by atoms with Crippen LogP contribution in [0.25, 0.3) is 0 Å². The molecule has 5 heteroatoms. The molecule has 0 saturated carbocycles. The molecule has 0 spiro atoms. The lowest BCUT2D eigenvalue weighted by Crippen LogP contribution is -2.24. The van der Waals surface area contributed by atoms with Gasteiger partial charge in [-0.1, -0.05) is 5.16 Å². The topological polar surface area (TPSA) is 63.0 Å². The van der Waals surface area contributed by atoms with Gasteiger partial charge >= 0.3 is 0 Å². The molecule has 1 aliphatic rings. The number of hydrogen-bond acceptors (Lipinski definition) is 5. The SMILES string of the molecule is CNCCCc1nc(CC2CCCN2)no1. The number of aromatic nitrogens is 2. The average molecular weight is 224 g/mol. The number of aryl methyl sites for hydroxylation is 1. The van der Waals surface area contributed by atoms with Gasteiger partial charge in [-0.15, -0.1) is 0 Å². The van der Waals surface area contributed by atoms with Crippen molar-refractivity contribution >= 4 is 0 Å². The van der Waals surface area contributed by atoms with Crippen molar-refractivity contribution in [2.24, 2.45) is 0 Å². The number of nitrogens with zero attached hydrogens (tertiary/aromatic N) is 2. The normalized spacial score (nSPS) is 20.4. The first-order chi connectivity index (χ1) is 7.88. The Morgan fingerprint density at radius 3 is 3.25 bits per heavy atom. The van der Waals surface area contributed by atoms with E-state index in [0.29, 0.717) is 6.04 Å². The van der Waals surface area contributed by atoms with Gasteiger partial charge in [-0.25, -0.2) is 0 Å². The first kappa shape index (κ1) is 11.5. The quantitative estimate of drug-likeness (QED) is 0.690. The van der Waals surface area contributed by atoms with Gasteiger partial charge in [0.05, 0.1) is 0 Å². The van der Waals surface area contributed by atoms with Gasteiger partial charge in [0.15, 0.2) is 5.82 Å². The second-order valence-corrected chi connectivity index (χ2v) is 4.31. The predicted molar refractivity (Wildman–Crippen MR) is 61.3 cm³/mol. The van der Waals surface area contributed by atoms with Crippen molar-refractivity contribution in [3.05, 3.63) is 11.7 Å². The summed E-state index contributed by atoms with van der Waals surface area (Å²) in [4.78, 5) is 4.40. The fraction of sp³-hybridized carbons (Fsp3) is 0.818. The van der Waals surface area contributed by atoms with E-state index in [1.54, 1.807) is 0 Å². The highest BCUT2D eigenvalue weighted by Crippen LogP contribution is 2.10. The minimum Gasteiger partial charge on any atom is -0.339 e. The fourth-order valence-corrected chi connectivity index (χ4v) is 2.04. The molecule has 1 aromatic rings. The van der Waals surface area contributed by atoms with E-state index in [1.807, 2.05) is 7.05 Å². The average Bonchev–Trinajstić information content (AvgIpc) is 2.91. The summed E-state index contributed by atoms with van der Waals surface area (Å²) in [5, 5.41) is 10.6. The van der Waals surface area contributed by atoms with Crippen molar-refractivity contribution in [1.82, 2.24) is 20.8 Å². The van der Waals surface area contributed by atoms with E-state index in [-0.39, 0.29) is 0 Å². The molecule has 0 bridgehead atoms. The van der Waals surface area contributed by atoms with E-state index in [2.05, 4.69) is 20.8 Å². The van der Waals surface area contributed by atoms with Crippen LogP contribution in [0.5, 0.6) is 0 Å². The summed E-state index contributed by atoms with van der Waals surface area (Å²) < 4.78 is 5.20. The Bertz CT molecular complexity index is 307. The zero-order valence-corrected chi connectivity index (χ0v) is 9.83. The van der Waals surface area contributed by atoms with Gasteiger partial charge in [0, 0.05) is 18.9 Å². The van der Waals surface area contributed by atoms with Crippen molar-refractivity contribution < 1.29 is 4.52 Å². The lowest BCUT2D eigenvalue weighted by atomic mass is 10.1. The Morgan fingerprint density at radius 1 is 1.56 bits per heavy atom. The summed E-state index contributed by atoms with van der Waals surface area (Å²) in [5.41, 5.74) is 0. The van der Waals surface area contributed by atoms with E-state index in [4.69, 9.17) is 4.52 Å². The molecule has 2 heterocycles. The van der Waals surface area contributed by atoms with E-state index < -0.39 is 0 Å². The highest BCUT2D eigenvalue weighted by molar-refractivity contribution is 4.92. The van der Waals surface area contributed by atoms with Crippen LogP contribution in [0.4, 0.5) is 0 Å². The van der Waals surface area contributed by atoms with E-state index in [9.17, 15) is 0 Å². The van der Waals surface area contributed by atoms with Crippen LogP contribution in [0, 0.1) is 0 Å². The molecule has 5 nitrogen and oxygen atoms in total. The third-order valence-corrected chi connectivity index (χ3v) is 2.92. The molecule has 16 heavy (non-hydrogen) atoms. The largest absolute Gasteiger partial charge is 0.339 e. The molecule has 0 aromatic carbocycles. The van der Waals surface area contributed by atoms with E-state index >= 15 is 0 Å². The van der Waals surface area contributed by atoms with Crippen LogP contribution in [0.15, 0.2) is 4.52 Å². The van der Waals surface area contributed by atoms with E-state index in [0.717, 1.165) is 44.1 Å². The molecule has 1 aromatic heterocycles. The van der Waals surface area contributed by atoms with E-state index in [1.165, 1.54) is 12.8 Å². The van der Waals surface area contributed by atoms with Crippen LogP contribution in [0.2, 0.25) is 0 Å². The summed E-state index contributed by atoms with van der Waals surface area (Å²) in [6, 6.07) is 0.544. The van der Waals surface area contributed by atoms with Gasteiger partial charge in [0.2, 0.25) is 5.89 Å². The van der Waals surface area contributed by atoms with Crippen LogP contribution >= 0.6 is 0 Å². The summed E-state index contributed by atoms with van der Waals surface area (Å²) in [6.45, 7) is 2.11. The van der Waals surface area contributed by atoms with Gasteiger partial charge in [-0.2, -0.15) is 4.98 Å². The zero-order valence-electron chi connectivity index (χ0n) is 9.83. The molecule has 2 N–H and O–H groups in total. The smallest absolute Gasteiger partial charge is 0.226 e. The number of nitrogens with one attached hydrogen (secondary N) is 2. The highest BCUT2D eigenvalue weighted by atomic mass is 16.5. The van der Waals surface area contributed by atoms with Crippen LogP contribution in [-0.4, -0.2) is 36.3 Å². The maximum absolute atomic E-state index is 5.20. The third kappa shape index (κ3) is 3.28. The third-order valence-electron chi connectivity index (χ3n) is 2.92.